The Labute approximate surface area is 116 Å². The minimum atomic E-state index is 0.157. The smallest absolute Gasteiger partial charge is 0.0721 e. The monoisotopic (exact) mass is 256 g/mol. The molecule has 0 N–H and O–H groups in total. The number of rotatable bonds is 2. The summed E-state index contributed by atoms with van der Waals surface area (Å²) in [5.74, 6) is 0.714. The molecule has 0 saturated carbocycles. The van der Waals surface area contributed by atoms with Gasteiger partial charge in [0.25, 0.3) is 0 Å². The van der Waals surface area contributed by atoms with Crippen molar-refractivity contribution in [1.82, 2.24) is 4.90 Å². The van der Waals surface area contributed by atoms with Crippen LogP contribution in [0.1, 0.15) is 45.2 Å². The van der Waals surface area contributed by atoms with Crippen molar-refractivity contribution in [2.24, 2.45) is 10.9 Å². The van der Waals surface area contributed by atoms with E-state index < -0.39 is 0 Å². The standard InChI is InChI=1S/C17H24N2/c1-13(14-7-5-4-6-8-14)18-16-15-9-11-19(12-10-15)17(16,2)3/h4-8,13,15H,9-12H2,1-3H3. The molecule has 3 saturated heterocycles. The molecule has 3 aliphatic heterocycles. The summed E-state index contributed by atoms with van der Waals surface area (Å²) in [6, 6.07) is 10.9. The van der Waals surface area contributed by atoms with E-state index in [2.05, 4.69) is 56.0 Å². The van der Waals surface area contributed by atoms with Gasteiger partial charge in [-0.15, -0.1) is 0 Å². The van der Waals surface area contributed by atoms with Crippen LogP contribution < -0.4 is 0 Å². The summed E-state index contributed by atoms with van der Waals surface area (Å²) in [6.45, 7) is 9.40. The van der Waals surface area contributed by atoms with Gasteiger partial charge in [0.05, 0.1) is 11.6 Å². The first-order valence-corrected chi connectivity index (χ1v) is 7.47. The minimum absolute atomic E-state index is 0.157. The molecule has 1 atom stereocenters. The van der Waals surface area contributed by atoms with E-state index in [4.69, 9.17) is 4.99 Å². The van der Waals surface area contributed by atoms with Crippen molar-refractivity contribution in [2.75, 3.05) is 13.1 Å². The maximum absolute atomic E-state index is 5.12. The fourth-order valence-electron chi connectivity index (χ4n) is 3.65. The number of hydrogen-bond donors (Lipinski definition) is 0. The highest BCUT2D eigenvalue weighted by Crippen LogP contribution is 2.38. The van der Waals surface area contributed by atoms with E-state index in [1.807, 2.05) is 0 Å². The molecule has 2 heteroatoms. The Morgan fingerprint density at radius 3 is 2.37 bits per heavy atom. The van der Waals surface area contributed by atoms with Gasteiger partial charge in [0.15, 0.2) is 0 Å². The summed E-state index contributed by atoms with van der Waals surface area (Å²) in [7, 11) is 0. The summed E-state index contributed by atoms with van der Waals surface area (Å²) in [5.41, 5.74) is 2.91. The second kappa shape index (κ2) is 4.75. The van der Waals surface area contributed by atoms with Crippen molar-refractivity contribution in [2.45, 2.75) is 45.2 Å². The van der Waals surface area contributed by atoms with Gasteiger partial charge >= 0.3 is 0 Å². The van der Waals surface area contributed by atoms with Gasteiger partial charge in [-0.1, -0.05) is 30.3 Å². The Bertz CT molecular complexity index is 467. The van der Waals surface area contributed by atoms with Crippen LogP contribution in [0.4, 0.5) is 0 Å². The number of aliphatic imine (C=N–C) groups is 1. The molecule has 102 valence electrons. The third-order valence-electron chi connectivity index (χ3n) is 4.91. The molecular formula is C17H24N2. The van der Waals surface area contributed by atoms with E-state index in [9.17, 15) is 0 Å². The number of hydrogen-bond acceptors (Lipinski definition) is 2. The zero-order chi connectivity index (χ0) is 13.5. The summed E-state index contributed by atoms with van der Waals surface area (Å²) in [5, 5.41) is 0. The normalized spacial score (nSPS) is 32.5. The number of nitrogens with zero attached hydrogens (tertiary/aromatic N) is 2. The van der Waals surface area contributed by atoms with E-state index in [1.54, 1.807) is 0 Å². The predicted octanol–water partition coefficient (Wildman–Crippen LogP) is 3.69. The van der Waals surface area contributed by atoms with Crippen molar-refractivity contribution in [3.8, 4) is 0 Å². The van der Waals surface area contributed by atoms with E-state index in [1.165, 1.54) is 37.2 Å². The largest absolute Gasteiger partial charge is 0.293 e. The maximum Gasteiger partial charge on any atom is 0.0721 e. The van der Waals surface area contributed by atoms with Gasteiger partial charge in [0, 0.05) is 11.6 Å². The van der Waals surface area contributed by atoms with Crippen molar-refractivity contribution in [3.63, 3.8) is 0 Å². The Morgan fingerprint density at radius 1 is 1.16 bits per heavy atom. The lowest BCUT2D eigenvalue weighted by Crippen LogP contribution is -2.61. The van der Waals surface area contributed by atoms with Gasteiger partial charge in [-0.05, 0) is 52.3 Å². The number of piperidine rings is 3. The van der Waals surface area contributed by atoms with E-state index in [-0.39, 0.29) is 11.6 Å². The summed E-state index contributed by atoms with van der Waals surface area (Å²) in [6.07, 6.45) is 2.59. The first-order valence-electron chi connectivity index (χ1n) is 7.47. The molecule has 3 heterocycles. The second-order valence-corrected chi connectivity index (χ2v) is 6.42. The molecule has 3 aliphatic rings. The van der Waals surface area contributed by atoms with Crippen LogP contribution in [-0.2, 0) is 0 Å². The predicted molar refractivity (Wildman–Crippen MR) is 80.7 cm³/mol. The molecule has 1 unspecified atom stereocenters. The van der Waals surface area contributed by atoms with E-state index in [0.717, 1.165) is 0 Å². The van der Waals surface area contributed by atoms with Gasteiger partial charge in [0.1, 0.15) is 0 Å². The van der Waals surface area contributed by atoms with Gasteiger partial charge in [-0.2, -0.15) is 0 Å². The van der Waals surface area contributed by atoms with Crippen molar-refractivity contribution >= 4 is 5.71 Å². The molecule has 0 amide bonds. The molecule has 1 aromatic rings. The van der Waals surface area contributed by atoms with Gasteiger partial charge in [0.2, 0.25) is 0 Å². The van der Waals surface area contributed by atoms with Crippen LogP contribution in [-0.4, -0.2) is 29.2 Å². The highest BCUT2D eigenvalue weighted by atomic mass is 15.2. The average Bonchev–Trinajstić information content (AvgIpc) is 2.44. The van der Waals surface area contributed by atoms with Crippen LogP contribution >= 0.6 is 0 Å². The summed E-state index contributed by atoms with van der Waals surface area (Å²) >= 11 is 0. The molecule has 0 radical (unpaired) electrons. The lowest BCUT2D eigenvalue weighted by atomic mass is 9.74. The van der Waals surface area contributed by atoms with Crippen LogP contribution in [0.15, 0.2) is 35.3 Å². The van der Waals surface area contributed by atoms with Crippen LogP contribution in [0.5, 0.6) is 0 Å². The quantitative estimate of drug-likeness (QED) is 0.788. The topological polar surface area (TPSA) is 15.6 Å². The minimum Gasteiger partial charge on any atom is -0.293 e. The SMILES string of the molecule is CC(N=C1C2CCN(CC2)C1(C)C)c1ccccc1. The molecule has 0 aromatic heterocycles. The van der Waals surface area contributed by atoms with Crippen LogP contribution in [0, 0.1) is 5.92 Å². The van der Waals surface area contributed by atoms with Gasteiger partial charge in [-0.3, -0.25) is 9.89 Å². The molecular weight excluding hydrogens is 232 g/mol. The molecule has 2 bridgehead atoms. The lowest BCUT2D eigenvalue weighted by molar-refractivity contribution is 0.0934. The van der Waals surface area contributed by atoms with Crippen LogP contribution in [0.3, 0.4) is 0 Å². The summed E-state index contributed by atoms with van der Waals surface area (Å²) in [4.78, 5) is 7.72. The van der Waals surface area contributed by atoms with Crippen molar-refractivity contribution < 1.29 is 0 Å². The highest BCUT2D eigenvalue weighted by Gasteiger charge is 2.44. The van der Waals surface area contributed by atoms with Crippen LogP contribution in [0.2, 0.25) is 0 Å². The average molecular weight is 256 g/mol. The Hall–Kier alpha value is -1.15. The van der Waals surface area contributed by atoms with E-state index in [0.29, 0.717) is 5.92 Å². The molecule has 1 aromatic carbocycles. The van der Waals surface area contributed by atoms with Gasteiger partial charge in [-0.25, -0.2) is 0 Å². The number of benzene rings is 1. The molecule has 0 spiro atoms. The Kier molecular flexibility index (Phi) is 3.22. The third-order valence-corrected chi connectivity index (χ3v) is 4.91. The van der Waals surface area contributed by atoms with E-state index >= 15 is 0 Å². The molecule has 3 fully saturated rings. The Morgan fingerprint density at radius 2 is 1.79 bits per heavy atom. The molecule has 4 rings (SSSR count). The van der Waals surface area contributed by atoms with Crippen molar-refractivity contribution in [1.29, 1.82) is 0 Å². The van der Waals surface area contributed by atoms with Gasteiger partial charge < -0.3 is 0 Å². The zero-order valence-corrected chi connectivity index (χ0v) is 12.3. The fraction of sp³-hybridized carbons (Fsp3) is 0.588. The highest BCUT2D eigenvalue weighted by molar-refractivity contribution is 5.96. The lowest BCUT2D eigenvalue weighted by Gasteiger charge is -2.52. The molecule has 19 heavy (non-hydrogen) atoms. The first kappa shape index (κ1) is 12.9. The summed E-state index contributed by atoms with van der Waals surface area (Å²) < 4.78 is 0. The molecule has 2 nitrogen and oxygen atoms in total. The number of fused-ring (bicyclic) bond motifs is 3. The second-order valence-electron chi connectivity index (χ2n) is 6.42. The van der Waals surface area contributed by atoms with Crippen molar-refractivity contribution in [3.05, 3.63) is 35.9 Å². The zero-order valence-electron chi connectivity index (χ0n) is 12.3. The molecule has 0 aliphatic carbocycles. The fourth-order valence-corrected chi connectivity index (χ4v) is 3.65. The maximum atomic E-state index is 5.12. The van der Waals surface area contributed by atoms with Crippen LogP contribution in [0.25, 0.3) is 0 Å². The first-order chi connectivity index (χ1) is 9.09. The third kappa shape index (κ3) is 2.23. The Balaban J connectivity index is 1.90.